The minimum Gasteiger partial charge on any atom is -0.466 e. The number of ether oxygens (including phenoxy) is 1. The van der Waals surface area contributed by atoms with Crippen LogP contribution in [-0.4, -0.2) is 72.6 Å². The molecule has 2 rings (SSSR count). The summed E-state index contributed by atoms with van der Waals surface area (Å²) in [5, 5.41) is 0. The van der Waals surface area contributed by atoms with Crippen LogP contribution >= 0.6 is 11.8 Å². The molecule has 2 heterocycles. The van der Waals surface area contributed by atoms with Gasteiger partial charge >= 0.3 is 5.97 Å². The second-order valence-corrected chi connectivity index (χ2v) is 6.40. The Morgan fingerprint density at radius 2 is 2.06 bits per heavy atom. The van der Waals surface area contributed by atoms with Gasteiger partial charge in [0.05, 0.1) is 13.0 Å². The molecule has 18 heavy (non-hydrogen) atoms. The lowest BCUT2D eigenvalue weighted by atomic mass is 9.91. The molecule has 0 amide bonds. The third-order valence-electron chi connectivity index (χ3n) is 4.04. The molecule has 0 aromatic carbocycles. The van der Waals surface area contributed by atoms with Gasteiger partial charge in [-0.1, -0.05) is 0 Å². The second kappa shape index (κ2) is 6.26. The van der Waals surface area contributed by atoms with Crippen LogP contribution in [0, 0.1) is 0 Å². The van der Waals surface area contributed by atoms with Crippen LogP contribution < -0.4 is 0 Å². The molecule has 2 aliphatic rings. The Balaban J connectivity index is 1.99. The van der Waals surface area contributed by atoms with Gasteiger partial charge in [-0.05, 0) is 26.1 Å². The monoisotopic (exact) mass is 272 g/mol. The fraction of sp³-hybridized carbons (Fsp3) is 0.923. The van der Waals surface area contributed by atoms with Crippen LogP contribution in [0.1, 0.15) is 19.8 Å². The number of likely N-dealkylation sites (N-methyl/N-ethyl adjacent to an activating group) is 1. The van der Waals surface area contributed by atoms with Crippen molar-refractivity contribution in [2.75, 3.05) is 51.3 Å². The van der Waals surface area contributed by atoms with Gasteiger partial charge in [0, 0.05) is 37.5 Å². The van der Waals surface area contributed by atoms with E-state index in [1.807, 2.05) is 18.7 Å². The fourth-order valence-corrected chi connectivity index (χ4v) is 4.34. The average molecular weight is 272 g/mol. The third-order valence-corrected chi connectivity index (χ3v) is 5.27. The number of hydrogen-bond acceptors (Lipinski definition) is 5. The molecule has 0 spiro atoms. The van der Waals surface area contributed by atoms with Crippen LogP contribution in [0.3, 0.4) is 0 Å². The SMILES string of the molecule is CCOC(=O)CC1(N2CCN(C)CC2)CCSC1. The molecule has 2 fully saturated rings. The molecule has 0 saturated carbocycles. The quantitative estimate of drug-likeness (QED) is 0.715. The number of nitrogens with zero attached hydrogens (tertiary/aromatic N) is 2. The first-order chi connectivity index (χ1) is 8.66. The van der Waals surface area contributed by atoms with Gasteiger partial charge in [0.1, 0.15) is 0 Å². The van der Waals surface area contributed by atoms with E-state index in [4.69, 9.17) is 4.74 Å². The van der Waals surface area contributed by atoms with Crippen LogP contribution in [0.15, 0.2) is 0 Å². The van der Waals surface area contributed by atoms with Gasteiger partial charge in [0.25, 0.3) is 0 Å². The van der Waals surface area contributed by atoms with E-state index in [0.29, 0.717) is 13.0 Å². The smallest absolute Gasteiger partial charge is 0.307 e. The summed E-state index contributed by atoms with van der Waals surface area (Å²) < 4.78 is 5.16. The van der Waals surface area contributed by atoms with Crippen molar-refractivity contribution in [2.45, 2.75) is 25.3 Å². The van der Waals surface area contributed by atoms with E-state index in [9.17, 15) is 4.79 Å². The first-order valence-corrected chi connectivity index (χ1v) is 7.99. The summed E-state index contributed by atoms with van der Waals surface area (Å²) in [4.78, 5) is 16.7. The van der Waals surface area contributed by atoms with Crippen molar-refractivity contribution in [3.63, 3.8) is 0 Å². The largest absolute Gasteiger partial charge is 0.466 e. The van der Waals surface area contributed by atoms with Crippen molar-refractivity contribution in [1.82, 2.24) is 9.80 Å². The van der Waals surface area contributed by atoms with Crippen LogP contribution in [0.5, 0.6) is 0 Å². The minimum absolute atomic E-state index is 0.0288. The van der Waals surface area contributed by atoms with Gasteiger partial charge < -0.3 is 9.64 Å². The van der Waals surface area contributed by atoms with Crippen LogP contribution in [0.25, 0.3) is 0 Å². The summed E-state index contributed by atoms with van der Waals surface area (Å²) in [6, 6.07) is 0. The van der Waals surface area contributed by atoms with Crippen LogP contribution in [0.2, 0.25) is 0 Å². The molecule has 0 radical (unpaired) electrons. The summed E-state index contributed by atoms with van der Waals surface area (Å²) in [7, 11) is 2.17. The lowest BCUT2D eigenvalue weighted by Crippen LogP contribution is -2.57. The molecular formula is C13H24N2O2S. The molecule has 104 valence electrons. The van der Waals surface area contributed by atoms with Gasteiger partial charge in [-0.2, -0.15) is 11.8 Å². The number of esters is 1. The Hall–Kier alpha value is -0.260. The predicted molar refractivity (Wildman–Crippen MR) is 75.0 cm³/mol. The van der Waals surface area contributed by atoms with E-state index >= 15 is 0 Å². The first-order valence-electron chi connectivity index (χ1n) is 6.83. The van der Waals surface area contributed by atoms with Crippen molar-refractivity contribution in [3.8, 4) is 0 Å². The van der Waals surface area contributed by atoms with Crippen LogP contribution in [-0.2, 0) is 9.53 Å². The molecule has 1 unspecified atom stereocenters. The predicted octanol–water partition coefficient (Wildman–Crippen LogP) is 1.06. The molecule has 4 nitrogen and oxygen atoms in total. The van der Waals surface area contributed by atoms with Crippen molar-refractivity contribution in [3.05, 3.63) is 0 Å². The zero-order chi connectivity index (χ0) is 13.0. The molecule has 0 aromatic heterocycles. The summed E-state index contributed by atoms with van der Waals surface area (Å²) in [5.74, 6) is 2.22. The molecule has 2 aliphatic heterocycles. The number of hydrogen-bond donors (Lipinski definition) is 0. The van der Waals surface area contributed by atoms with Gasteiger partial charge in [-0.25, -0.2) is 0 Å². The molecule has 1 atom stereocenters. The topological polar surface area (TPSA) is 32.8 Å². The molecule has 0 aromatic rings. The van der Waals surface area contributed by atoms with Gasteiger partial charge in [-0.3, -0.25) is 9.69 Å². The van der Waals surface area contributed by atoms with Gasteiger partial charge in [0.15, 0.2) is 0 Å². The second-order valence-electron chi connectivity index (χ2n) is 5.30. The third kappa shape index (κ3) is 3.19. The Labute approximate surface area is 114 Å². The van der Waals surface area contributed by atoms with Gasteiger partial charge in [-0.15, -0.1) is 0 Å². The molecule has 0 bridgehead atoms. The number of thioether (sulfide) groups is 1. The number of piperazine rings is 1. The summed E-state index contributed by atoms with van der Waals surface area (Å²) in [5.41, 5.74) is 0.0676. The van der Waals surface area contributed by atoms with E-state index < -0.39 is 0 Å². The van der Waals surface area contributed by atoms with Crippen molar-refractivity contribution in [2.24, 2.45) is 0 Å². The zero-order valence-corrected chi connectivity index (χ0v) is 12.3. The van der Waals surface area contributed by atoms with E-state index in [1.54, 1.807) is 0 Å². The number of carbonyl (C=O) groups is 1. The maximum absolute atomic E-state index is 11.8. The Kier molecular flexibility index (Phi) is 4.92. The van der Waals surface area contributed by atoms with Crippen molar-refractivity contribution in [1.29, 1.82) is 0 Å². The lowest BCUT2D eigenvalue weighted by molar-refractivity contribution is -0.146. The van der Waals surface area contributed by atoms with Gasteiger partial charge in [0.2, 0.25) is 0 Å². The summed E-state index contributed by atoms with van der Waals surface area (Å²) >= 11 is 1.97. The standard InChI is InChI=1S/C13H24N2O2S/c1-3-17-12(16)10-13(4-9-18-11-13)15-7-5-14(2)6-8-15/h3-11H2,1-2H3. The number of carbonyl (C=O) groups excluding carboxylic acids is 1. The maximum atomic E-state index is 11.8. The molecule has 5 heteroatoms. The van der Waals surface area contributed by atoms with E-state index in [0.717, 1.165) is 38.4 Å². The highest BCUT2D eigenvalue weighted by Crippen LogP contribution is 2.37. The molecule has 0 N–H and O–H groups in total. The van der Waals surface area contributed by atoms with E-state index in [-0.39, 0.29) is 11.5 Å². The van der Waals surface area contributed by atoms with Crippen LogP contribution in [0.4, 0.5) is 0 Å². The zero-order valence-electron chi connectivity index (χ0n) is 11.5. The highest BCUT2D eigenvalue weighted by atomic mass is 32.2. The fourth-order valence-electron chi connectivity index (χ4n) is 2.86. The van der Waals surface area contributed by atoms with Crippen molar-refractivity contribution >= 4 is 17.7 Å². The highest BCUT2D eigenvalue weighted by Gasteiger charge is 2.42. The normalized spacial score (nSPS) is 30.6. The minimum atomic E-state index is -0.0288. The Morgan fingerprint density at radius 3 is 2.61 bits per heavy atom. The molecule has 0 aliphatic carbocycles. The van der Waals surface area contributed by atoms with Crippen molar-refractivity contribution < 1.29 is 9.53 Å². The maximum Gasteiger partial charge on any atom is 0.307 e. The van der Waals surface area contributed by atoms with E-state index in [2.05, 4.69) is 16.8 Å². The Bertz CT molecular complexity index is 285. The van der Waals surface area contributed by atoms with E-state index in [1.165, 1.54) is 5.75 Å². The summed E-state index contributed by atoms with van der Waals surface area (Å²) in [6.45, 7) is 6.74. The summed E-state index contributed by atoms with van der Waals surface area (Å²) in [6.07, 6.45) is 1.69. The molecular weight excluding hydrogens is 248 g/mol. The Morgan fingerprint density at radius 1 is 1.33 bits per heavy atom. The lowest BCUT2D eigenvalue weighted by Gasteiger charge is -2.44. The number of rotatable bonds is 4. The highest BCUT2D eigenvalue weighted by molar-refractivity contribution is 7.99. The average Bonchev–Trinajstić information content (AvgIpc) is 2.79. The first kappa shape index (κ1) is 14.2. The molecule has 2 saturated heterocycles.